The fourth-order valence-corrected chi connectivity index (χ4v) is 1.54. The summed E-state index contributed by atoms with van der Waals surface area (Å²) in [5, 5.41) is 9.95. The Labute approximate surface area is 82.1 Å². The standard InChI is InChI=1S/C10H11ClO2/c1-6(12)9-10(13-9)7-2-4-8(11)5-3-7/h2-6,9-10,12H,1H3/t6-,9+,10+/m1/s1. The SMILES string of the molecule is C[C@@H](O)[C@@H]1O[C@H]1c1ccc(Cl)cc1. The van der Waals surface area contributed by atoms with Crippen molar-refractivity contribution in [3.05, 3.63) is 34.9 Å². The zero-order valence-corrected chi connectivity index (χ0v) is 8.03. The Hall–Kier alpha value is -0.570. The molecule has 1 fully saturated rings. The lowest BCUT2D eigenvalue weighted by atomic mass is 10.1. The summed E-state index contributed by atoms with van der Waals surface area (Å²) >= 11 is 5.75. The summed E-state index contributed by atoms with van der Waals surface area (Å²) < 4.78 is 5.31. The number of halogens is 1. The summed E-state index contributed by atoms with van der Waals surface area (Å²) in [7, 11) is 0. The first-order valence-corrected chi connectivity index (χ1v) is 4.65. The number of benzene rings is 1. The molecule has 0 aromatic heterocycles. The van der Waals surface area contributed by atoms with Crippen LogP contribution >= 0.6 is 11.6 Å². The molecule has 13 heavy (non-hydrogen) atoms. The minimum Gasteiger partial charge on any atom is -0.391 e. The van der Waals surface area contributed by atoms with E-state index in [1.54, 1.807) is 6.92 Å². The fraction of sp³-hybridized carbons (Fsp3) is 0.400. The van der Waals surface area contributed by atoms with Crippen molar-refractivity contribution in [3.63, 3.8) is 0 Å². The van der Waals surface area contributed by atoms with Gasteiger partial charge in [0.1, 0.15) is 12.2 Å². The van der Waals surface area contributed by atoms with Crippen molar-refractivity contribution in [2.24, 2.45) is 0 Å². The van der Waals surface area contributed by atoms with Gasteiger partial charge in [-0.2, -0.15) is 0 Å². The van der Waals surface area contributed by atoms with Crippen molar-refractivity contribution in [3.8, 4) is 0 Å². The Morgan fingerprint density at radius 3 is 2.46 bits per heavy atom. The molecular formula is C10H11ClO2. The number of aliphatic hydroxyl groups is 1. The van der Waals surface area contributed by atoms with Crippen molar-refractivity contribution < 1.29 is 9.84 Å². The van der Waals surface area contributed by atoms with Gasteiger partial charge in [-0.05, 0) is 24.6 Å². The second-order valence-electron chi connectivity index (χ2n) is 3.31. The molecule has 70 valence electrons. The van der Waals surface area contributed by atoms with Crippen LogP contribution in [-0.4, -0.2) is 17.3 Å². The summed E-state index contributed by atoms with van der Waals surface area (Å²) in [4.78, 5) is 0. The number of hydrogen-bond acceptors (Lipinski definition) is 2. The van der Waals surface area contributed by atoms with Crippen LogP contribution in [0, 0.1) is 0 Å². The average molecular weight is 199 g/mol. The molecule has 0 radical (unpaired) electrons. The van der Waals surface area contributed by atoms with Gasteiger partial charge in [-0.15, -0.1) is 0 Å². The van der Waals surface area contributed by atoms with Crippen LogP contribution in [0.4, 0.5) is 0 Å². The molecule has 3 atom stereocenters. The summed E-state index contributed by atoms with van der Waals surface area (Å²) in [5.41, 5.74) is 1.08. The van der Waals surface area contributed by atoms with E-state index in [4.69, 9.17) is 16.3 Å². The molecule has 0 spiro atoms. The van der Waals surface area contributed by atoms with Crippen LogP contribution in [0.5, 0.6) is 0 Å². The molecule has 1 heterocycles. The van der Waals surface area contributed by atoms with E-state index in [-0.39, 0.29) is 12.2 Å². The number of aliphatic hydroxyl groups excluding tert-OH is 1. The van der Waals surface area contributed by atoms with Crippen LogP contribution in [0.1, 0.15) is 18.6 Å². The van der Waals surface area contributed by atoms with Crippen LogP contribution in [0.25, 0.3) is 0 Å². The summed E-state index contributed by atoms with van der Waals surface area (Å²) in [6.07, 6.45) is -0.390. The smallest absolute Gasteiger partial charge is 0.114 e. The lowest BCUT2D eigenvalue weighted by molar-refractivity contribution is 0.152. The molecule has 0 unspecified atom stereocenters. The molecule has 0 amide bonds. The molecule has 1 aromatic rings. The second-order valence-corrected chi connectivity index (χ2v) is 3.75. The number of ether oxygens (including phenoxy) is 1. The second kappa shape index (κ2) is 3.29. The topological polar surface area (TPSA) is 32.8 Å². The van der Waals surface area contributed by atoms with E-state index in [9.17, 15) is 5.11 Å². The maximum Gasteiger partial charge on any atom is 0.114 e. The van der Waals surface area contributed by atoms with Gasteiger partial charge in [0.25, 0.3) is 0 Å². The average Bonchev–Trinajstić information content (AvgIpc) is 2.85. The maximum atomic E-state index is 9.23. The third kappa shape index (κ3) is 1.85. The number of hydrogen-bond donors (Lipinski definition) is 1. The lowest BCUT2D eigenvalue weighted by Crippen LogP contribution is -2.09. The van der Waals surface area contributed by atoms with Crippen LogP contribution in [-0.2, 0) is 4.74 Å². The third-order valence-electron chi connectivity index (χ3n) is 2.20. The Balaban J connectivity index is 2.08. The first-order chi connectivity index (χ1) is 6.18. The van der Waals surface area contributed by atoms with Crippen molar-refractivity contribution >= 4 is 11.6 Å². The van der Waals surface area contributed by atoms with Gasteiger partial charge in [-0.25, -0.2) is 0 Å². The first kappa shape index (κ1) is 9.00. The summed E-state index contributed by atoms with van der Waals surface area (Å²) in [6.45, 7) is 1.74. The molecule has 0 saturated carbocycles. The zero-order chi connectivity index (χ0) is 9.42. The van der Waals surface area contributed by atoms with E-state index in [2.05, 4.69) is 0 Å². The van der Waals surface area contributed by atoms with Crippen LogP contribution in [0.15, 0.2) is 24.3 Å². The Bertz CT molecular complexity index is 294. The van der Waals surface area contributed by atoms with Crippen molar-refractivity contribution in [1.29, 1.82) is 0 Å². The fourth-order valence-electron chi connectivity index (χ4n) is 1.41. The normalized spacial score (nSPS) is 28.5. The number of epoxide rings is 1. The van der Waals surface area contributed by atoms with Crippen LogP contribution in [0.2, 0.25) is 5.02 Å². The van der Waals surface area contributed by atoms with Gasteiger partial charge < -0.3 is 9.84 Å². The first-order valence-electron chi connectivity index (χ1n) is 4.27. The highest BCUT2D eigenvalue weighted by molar-refractivity contribution is 6.30. The van der Waals surface area contributed by atoms with Crippen molar-refractivity contribution in [2.45, 2.75) is 25.2 Å². The van der Waals surface area contributed by atoms with Gasteiger partial charge in [0, 0.05) is 5.02 Å². The minimum atomic E-state index is -0.402. The van der Waals surface area contributed by atoms with Gasteiger partial charge in [0.05, 0.1) is 6.10 Å². The third-order valence-corrected chi connectivity index (χ3v) is 2.45. The molecule has 0 bridgehead atoms. The summed E-state index contributed by atoms with van der Waals surface area (Å²) in [5.74, 6) is 0. The highest BCUT2D eigenvalue weighted by atomic mass is 35.5. The maximum absolute atomic E-state index is 9.23. The van der Waals surface area contributed by atoms with E-state index in [1.165, 1.54) is 0 Å². The highest BCUT2D eigenvalue weighted by Gasteiger charge is 2.43. The molecule has 1 saturated heterocycles. The molecule has 1 N–H and O–H groups in total. The zero-order valence-electron chi connectivity index (χ0n) is 7.27. The largest absolute Gasteiger partial charge is 0.391 e. The molecule has 1 aromatic carbocycles. The minimum absolute atomic E-state index is 0.0406. The lowest BCUT2D eigenvalue weighted by Gasteiger charge is -1.98. The molecule has 3 heteroatoms. The van der Waals surface area contributed by atoms with Crippen LogP contribution in [0.3, 0.4) is 0 Å². The molecule has 1 aliphatic rings. The molecule has 0 aliphatic carbocycles. The van der Waals surface area contributed by atoms with E-state index in [0.717, 1.165) is 10.6 Å². The van der Waals surface area contributed by atoms with E-state index >= 15 is 0 Å². The molecular weight excluding hydrogens is 188 g/mol. The molecule has 2 nitrogen and oxygen atoms in total. The van der Waals surface area contributed by atoms with E-state index in [0.29, 0.717) is 0 Å². The summed E-state index contributed by atoms with van der Waals surface area (Å²) in [6, 6.07) is 7.51. The van der Waals surface area contributed by atoms with Gasteiger partial charge in [0.15, 0.2) is 0 Å². The predicted molar refractivity (Wildman–Crippen MR) is 50.7 cm³/mol. The monoisotopic (exact) mass is 198 g/mol. The van der Waals surface area contributed by atoms with E-state index in [1.807, 2.05) is 24.3 Å². The Morgan fingerprint density at radius 2 is 2.00 bits per heavy atom. The number of rotatable bonds is 2. The van der Waals surface area contributed by atoms with E-state index < -0.39 is 6.10 Å². The van der Waals surface area contributed by atoms with Crippen molar-refractivity contribution in [1.82, 2.24) is 0 Å². The molecule has 2 rings (SSSR count). The van der Waals surface area contributed by atoms with Gasteiger partial charge >= 0.3 is 0 Å². The van der Waals surface area contributed by atoms with Gasteiger partial charge in [0.2, 0.25) is 0 Å². The van der Waals surface area contributed by atoms with Crippen LogP contribution < -0.4 is 0 Å². The quantitative estimate of drug-likeness (QED) is 0.739. The van der Waals surface area contributed by atoms with Gasteiger partial charge in [-0.3, -0.25) is 0 Å². The predicted octanol–water partition coefficient (Wildman–Crippen LogP) is 2.16. The molecule has 1 aliphatic heterocycles. The Kier molecular flexibility index (Phi) is 2.28. The highest BCUT2D eigenvalue weighted by Crippen LogP contribution is 2.40. The Morgan fingerprint density at radius 1 is 1.38 bits per heavy atom. The van der Waals surface area contributed by atoms with Gasteiger partial charge in [-0.1, -0.05) is 23.7 Å². The van der Waals surface area contributed by atoms with Crippen molar-refractivity contribution in [2.75, 3.05) is 0 Å².